The van der Waals surface area contributed by atoms with E-state index in [0.29, 0.717) is 12.2 Å². The number of carbonyl (C=O) groups is 1. The molecule has 5 rings (SSSR count). The molecule has 0 saturated carbocycles. The average Bonchev–Trinajstić information content (AvgIpc) is 3.41. The molecule has 7 nitrogen and oxygen atoms in total. The van der Waals surface area contributed by atoms with Crippen molar-refractivity contribution in [1.29, 1.82) is 0 Å². The van der Waals surface area contributed by atoms with Crippen molar-refractivity contribution in [2.24, 2.45) is 0 Å². The van der Waals surface area contributed by atoms with Crippen LogP contribution in [-0.2, 0) is 6.42 Å². The first kappa shape index (κ1) is 17.5. The summed E-state index contributed by atoms with van der Waals surface area (Å²) in [6.45, 7) is 2.54. The molecule has 29 heavy (non-hydrogen) atoms. The van der Waals surface area contributed by atoms with Crippen LogP contribution in [0.25, 0.3) is 10.9 Å². The molecule has 2 N–H and O–H groups in total. The van der Waals surface area contributed by atoms with Gasteiger partial charge in [-0.1, -0.05) is 6.07 Å². The smallest absolute Gasteiger partial charge is 0.275 e. The van der Waals surface area contributed by atoms with Crippen LogP contribution in [0.2, 0.25) is 0 Å². The second kappa shape index (κ2) is 6.77. The van der Waals surface area contributed by atoms with Gasteiger partial charge in [-0.2, -0.15) is 5.10 Å². The van der Waals surface area contributed by atoms with Gasteiger partial charge in [0.1, 0.15) is 5.75 Å². The average molecular weight is 387 g/mol. The fraction of sp³-hybridized carbons (Fsp3) is 0.227. The largest absolute Gasteiger partial charge is 0.497 e. The normalized spacial score (nSPS) is 15.9. The number of aromatic nitrogens is 4. The fourth-order valence-electron chi connectivity index (χ4n) is 4.19. The topological polar surface area (TPSA) is 86.9 Å². The molecule has 4 aromatic rings. The van der Waals surface area contributed by atoms with Crippen molar-refractivity contribution in [1.82, 2.24) is 25.1 Å². The molecule has 3 aromatic heterocycles. The Labute approximate surface area is 167 Å². The zero-order valence-corrected chi connectivity index (χ0v) is 16.3. The molecule has 0 saturated heterocycles. The van der Waals surface area contributed by atoms with Crippen molar-refractivity contribution in [2.75, 3.05) is 13.7 Å². The Morgan fingerprint density at radius 3 is 2.97 bits per heavy atom. The third-order valence-corrected chi connectivity index (χ3v) is 5.64. The van der Waals surface area contributed by atoms with Crippen LogP contribution >= 0.6 is 0 Å². The number of methoxy groups -OCH3 is 1. The van der Waals surface area contributed by atoms with E-state index in [0.717, 1.165) is 45.5 Å². The predicted octanol–water partition coefficient (Wildman–Crippen LogP) is 3.39. The molecule has 4 heterocycles. The first-order chi connectivity index (χ1) is 14.2. The molecule has 1 amide bonds. The van der Waals surface area contributed by atoms with Crippen LogP contribution in [0, 0.1) is 6.92 Å². The van der Waals surface area contributed by atoms with Crippen molar-refractivity contribution < 1.29 is 9.53 Å². The van der Waals surface area contributed by atoms with Gasteiger partial charge < -0.3 is 14.6 Å². The van der Waals surface area contributed by atoms with Crippen LogP contribution in [0.5, 0.6) is 5.75 Å². The number of carbonyl (C=O) groups excluding carboxylic acids is 1. The number of hydrogen-bond acceptors (Lipinski definition) is 4. The van der Waals surface area contributed by atoms with Crippen molar-refractivity contribution in [3.63, 3.8) is 0 Å². The summed E-state index contributed by atoms with van der Waals surface area (Å²) in [6.07, 6.45) is 6.30. The van der Waals surface area contributed by atoms with Gasteiger partial charge in [0, 0.05) is 47.3 Å². The van der Waals surface area contributed by atoms with E-state index in [1.807, 2.05) is 54.5 Å². The van der Waals surface area contributed by atoms with E-state index in [1.54, 1.807) is 13.3 Å². The van der Waals surface area contributed by atoms with Crippen molar-refractivity contribution in [2.45, 2.75) is 19.4 Å². The molecule has 7 heteroatoms. The lowest BCUT2D eigenvalue weighted by molar-refractivity contribution is 0.0745. The van der Waals surface area contributed by atoms with E-state index < -0.39 is 0 Å². The number of ether oxygens (including phenoxy) is 1. The lowest BCUT2D eigenvalue weighted by Gasteiger charge is -2.26. The minimum absolute atomic E-state index is 0.0457. The molecule has 146 valence electrons. The Morgan fingerprint density at radius 1 is 1.28 bits per heavy atom. The number of aryl methyl sites for hydroxylation is 1. The molecular weight excluding hydrogens is 366 g/mol. The number of fused-ring (bicyclic) bond motifs is 2. The zero-order valence-electron chi connectivity index (χ0n) is 16.3. The van der Waals surface area contributed by atoms with Crippen LogP contribution < -0.4 is 4.74 Å². The Hall–Kier alpha value is -3.61. The van der Waals surface area contributed by atoms with Gasteiger partial charge >= 0.3 is 0 Å². The van der Waals surface area contributed by atoms with Crippen LogP contribution in [0.4, 0.5) is 0 Å². The van der Waals surface area contributed by atoms with E-state index in [-0.39, 0.29) is 11.9 Å². The zero-order chi connectivity index (χ0) is 20.0. The molecule has 0 fully saturated rings. The van der Waals surface area contributed by atoms with E-state index in [1.165, 1.54) is 0 Å². The summed E-state index contributed by atoms with van der Waals surface area (Å²) in [5, 5.41) is 8.34. The van der Waals surface area contributed by atoms with Gasteiger partial charge in [0.15, 0.2) is 5.69 Å². The molecule has 0 radical (unpaired) electrons. The molecule has 0 bridgehead atoms. The number of pyridine rings is 1. The molecule has 1 atom stereocenters. The van der Waals surface area contributed by atoms with Crippen molar-refractivity contribution in [3.8, 4) is 5.75 Å². The van der Waals surface area contributed by atoms with Crippen molar-refractivity contribution in [3.05, 3.63) is 77.0 Å². The number of nitrogens with one attached hydrogen (secondary N) is 2. The number of hydrogen-bond donors (Lipinski definition) is 2. The molecule has 1 aromatic carbocycles. The summed E-state index contributed by atoms with van der Waals surface area (Å²) in [7, 11) is 1.67. The van der Waals surface area contributed by atoms with E-state index in [4.69, 9.17) is 4.74 Å². The van der Waals surface area contributed by atoms with Crippen LogP contribution in [0.15, 0.2) is 48.9 Å². The van der Waals surface area contributed by atoms with Gasteiger partial charge in [0.05, 0.1) is 13.2 Å². The quantitative estimate of drug-likeness (QED) is 0.550. The first-order valence-corrected chi connectivity index (χ1v) is 9.57. The minimum Gasteiger partial charge on any atom is -0.497 e. The van der Waals surface area contributed by atoms with Gasteiger partial charge in [-0.15, -0.1) is 0 Å². The van der Waals surface area contributed by atoms with Crippen LogP contribution in [-0.4, -0.2) is 44.6 Å². The summed E-state index contributed by atoms with van der Waals surface area (Å²) in [4.78, 5) is 22.6. The standard InChI is InChI=1S/C22H21N5O2/c1-13-19-20(26-25-13)22(28)27(21(19)15-4-3-8-23-11-15)9-7-14-12-24-18-6-5-16(29-2)10-17(14)18/h3-6,8,10-12,21,24H,7,9H2,1-2H3,(H,25,26)/t21-/m1/s1. The molecule has 1 aliphatic heterocycles. The highest BCUT2D eigenvalue weighted by Gasteiger charge is 2.41. The van der Waals surface area contributed by atoms with Gasteiger partial charge in [-0.3, -0.25) is 14.9 Å². The number of aromatic amines is 2. The highest BCUT2D eigenvalue weighted by Crippen LogP contribution is 2.39. The van der Waals surface area contributed by atoms with Crippen LogP contribution in [0.1, 0.15) is 38.9 Å². The highest BCUT2D eigenvalue weighted by atomic mass is 16.5. The van der Waals surface area contributed by atoms with Crippen molar-refractivity contribution >= 4 is 16.8 Å². The summed E-state index contributed by atoms with van der Waals surface area (Å²) in [6, 6.07) is 9.71. The Balaban J connectivity index is 1.48. The Bertz CT molecular complexity index is 1190. The Kier molecular flexibility index (Phi) is 4.08. The number of amides is 1. The summed E-state index contributed by atoms with van der Waals surface area (Å²) >= 11 is 0. The summed E-state index contributed by atoms with van der Waals surface area (Å²) < 4.78 is 5.36. The second-order valence-corrected chi connectivity index (χ2v) is 7.27. The van der Waals surface area contributed by atoms with E-state index in [9.17, 15) is 4.79 Å². The maximum absolute atomic E-state index is 13.1. The lowest BCUT2D eigenvalue weighted by Crippen LogP contribution is -2.31. The van der Waals surface area contributed by atoms with Gasteiger partial charge in [-0.05, 0) is 48.7 Å². The molecule has 0 unspecified atom stereocenters. The minimum atomic E-state index is -0.176. The maximum atomic E-state index is 13.1. The summed E-state index contributed by atoms with van der Waals surface area (Å²) in [5.74, 6) is 0.773. The van der Waals surface area contributed by atoms with Crippen LogP contribution in [0.3, 0.4) is 0 Å². The molecule has 0 spiro atoms. The SMILES string of the molecule is COc1ccc2[nH]cc(CCN3C(=O)c4n[nH]c(C)c4[C@H]3c3cccnc3)c2c1. The number of rotatable bonds is 5. The molecule has 1 aliphatic rings. The third kappa shape index (κ3) is 2.77. The molecular formula is C22H21N5O2. The fourth-order valence-corrected chi connectivity index (χ4v) is 4.19. The second-order valence-electron chi connectivity index (χ2n) is 7.27. The van der Waals surface area contributed by atoms with Gasteiger partial charge in [-0.25, -0.2) is 0 Å². The molecule has 0 aliphatic carbocycles. The van der Waals surface area contributed by atoms with Gasteiger partial charge in [0.25, 0.3) is 5.91 Å². The first-order valence-electron chi connectivity index (χ1n) is 9.57. The van der Waals surface area contributed by atoms with Gasteiger partial charge in [0.2, 0.25) is 0 Å². The summed E-state index contributed by atoms with van der Waals surface area (Å²) in [5.41, 5.74) is 5.58. The number of benzene rings is 1. The monoisotopic (exact) mass is 387 g/mol. The Morgan fingerprint density at radius 2 is 2.17 bits per heavy atom. The third-order valence-electron chi connectivity index (χ3n) is 5.64. The van der Waals surface area contributed by atoms with E-state index >= 15 is 0 Å². The predicted molar refractivity (Wildman–Crippen MR) is 109 cm³/mol. The highest BCUT2D eigenvalue weighted by molar-refractivity contribution is 5.98. The lowest BCUT2D eigenvalue weighted by atomic mass is 10.0. The van der Waals surface area contributed by atoms with E-state index in [2.05, 4.69) is 20.2 Å². The maximum Gasteiger partial charge on any atom is 0.275 e. The number of H-pyrrole nitrogens is 2. The number of nitrogens with zero attached hydrogens (tertiary/aromatic N) is 3.